The molecule has 5 rings (SSSR count). The van der Waals surface area contributed by atoms with Crippen LogP contribution in [0, 0.1) is 5.82 Å². The van der Waals surface area contributed by atoms with Gasteiger partial charge in [0.15, 0.2) is 11.5 Å². The zero-order valence-corrected chi connectivity index (χ0v) is 17.8. The third-order valence-electron chi connectivity index (χ3n) is 5.60. The number of benzene rings is 1. The second-order valence-electron chi connectivity index (χ2n) is 8.71. The van der Waals surface area contributed by atoms with Crippen LogP contribution in [-0.4, -0.2) is 45.6 Å². The Bertz CT molecular complexity index is 1240. The van der Waals surface area contributed by atoms with Gasteiger partial charge < -0.3 is 15.5 Å². The molecule has 1 saturated heterocycles. The minimum absolute atomic E-state index is 0.226. The van der Waals surface area contributed by atoms with E-state index >= 15 is 0 Å². The van der Waals surface area contributed by atoms with E-state index in [4.69, 9.17) is 9.97 Å². The van der Waals surface area contributed by atoms with Crippen LogP contribution in [0.4, 0.5) is 16.0 Å². The summed E-state index contributed by atoms with van der Waals surface area (Å²) in [7, 11) is 0. The molecule has 3 aromatic heterocycles. The largest absolute Gasteiger partial charge is 0.366 e. The van der Waals surface area contributed by atoms with Crippen molar-refractivity contribution in [1.29, 1.82) is 0 Å². The van der Waals surface area contributed by atoms with E-state index in [-0.39, 0.29) is 11.9 Å². The highest BCUT2D eigenvalue weighted by Gasteiger charge is 2.23. The Hall–Kier alpha value is -2.93. The van der Waals surface area contributed by atoms with Crippen LogP contribution in [0.3, 0.4) is 0 Å². The van der Waals surface area contributed by atoms with Gasteiger partial charge in [-0.25, -0.2) is 14.4 Å². The summed E-state index contributed by atoms with van der Waals surface area (Å²) in [5.41, 5.74) is 3.44. The fraction of sp³-hybridized carbons (Fsp3) is 0.391. The summed E-state index contributed by atoms with van der Waals surface area (Å²) in [4.78, 5) is 12.2. The van der Waals surface area contributed by atoms with Gasteiger partial charge in [-0.3, -0.25) is 4.40 Å². The minimum Gasteiger partial charge on any atom is -0.366 e. The van der Waals surface area contributed by atoms with Gasteiger partial charge >= 0.3 is 0 Å². The summed E-state index contributed by atoms with van der Waals surface area (Å²) in [6.45, 7) is 10.4. The van der Waals surface area contributed by atoms with Crippen LogP contribution < -0.4 is 15.5 Å². The molecule has 1 aromatic carbocycles. The summed E-state index contributed by atoms with van der Waals surface area (Å²) in [5.74, 6) is 1.49. The lowest BCUT2D eigenvalue weighted by Gasteiger charge is -2.37. The molecule has 4 aromatic rings. The number of nitrogens with one attached hydrogen (secondary N) is 2. The molecule has 1 fully saturated rings. The van der Waals surface area contributed by atoms with E-state index in [2.05, 4.69) is 53.7 Å². The highest BCUT2D eigenvalue weighted by atomic mass is 19.1. The first-order valence-corrected chi connectivity index (χ1v) is 10.6. The third kappa shape index (κ3) is 3.23. The van der Waals surface area contributed by atoms with Gasteiger partial charge in [-0.05, 0) is 64.1 Å². The number of piperazine rings is 1. The first-order chi connectivity index (χ1) is 14.4. The summed E-state index contributed by atoms with van der Waals surface area (Å²) in [5, 5.41) is 7.84. The summed E-state index contributed by atoms with van der Waals surface area (Å²) >= 11 is 0. The zero-order valence-electron chi connectivity index (χ0n) is 17.8. The van der Waals surface area contributed by atoms with Crippen LogP contribution in [0.5, 0.6) is 0 Å². The third-order valence-corrected chi connectivity index (χ3v) is 5.60. The standard InChI is InChI=1S/C23H27FN6/c1-13(2)25-22-20-10-16-9-17(24)5-7-19(16)30(20)23-18(27-22)6-8-21(28-23)29-11-14(3)26-15(4)12-29/h5-10,13-15,26H,11-12H2,1-4H3,(H,25,27)/t14-,15+. The number of halogens is 1. The molecule has 7 heteroatoms. The van der Waals surface area contributed by atoms with Crippen molar-refractivity contribution in [3.8, 4) is 0 Å². The normalized spacial score (nSPS) is 20.0. The Morgan fingerprint density at radius 2 is 1.80 bits per heavy atom. The predicted molar refractivity (Wildman–Crippen MR) is 121 cm³/mol. The van der Waals surface area contributed by atoms with Gasteiger partial charge in [-0.1, -0.05) is 0 Å². The van der Waals surface area contributed by atoms with Crippen LogP contribution in [0.2, 0.25) is 0 Å². The van der Waals surface area contributed by atoms with Crippen molar-refractivity contribution in [3.63, 3.8) is 0 Å². The number of hydrogen-bond acceptors (Lipinski definition) is 5. The number of fused-ring (bicyclic) bond motifs is 5. The monoisotopic (exact) mass is 406 g/mol. The summed E-state index contributed by atoms with van der Waals surface area (Å²) in [6, 6.07) is 12.0. The summed E-state index contributed by atoms with van der Waals surface area (Å²) < 4.78 is 16.0. The highest BCUT2D eigenvalue weighted by Crippen LogP contribution is 2.30. The number of hydrogen-bond donors (Lipinski definition) is 2. The van der Waals surface area contributed by atoms with Crippen LogP contribution in [-0.2, 0) is 0 Å². The Morgan fingerprint density at radius 3 is 2.53 bits per heavy atom. The lowest BCUT2D eigenvalue weighted by atomic mass is 10.1. The zero-order chi connectivity index (χ0) is 21.0. The van der Waals surface area contributed by atoms with Crippen molar-refractivity contribution in [2.24, 2.45) is 0 Å². The molecule has 30 heavy (non-hydrogen) atoms. The van der Waals surface area contributed by atoms with E-state index < -0.39 is 0 Å². The maximum atomic E-state index is 13.9. The number of anilines is 2. The average Bonchev–Trinajstić information content (AvgIpc) is 3.05. The molecule has 156 valence electrons. The van der Waals surface area contributed by atoms with E-state index in [0.717, 1.165) is 52.3 Å². The van der Waals surface area contributed by atoms with E-state index in [1.807, 2.05) is 18.2 Å². The maximum Gasteiger partial charge on any atom is 0.166 e. The molecule has 4 heterocycles. The first-order valence-electron chi connectivity index (χ1n) is 10.6. The molecule has 2 atom stereocenters. The van der Waals surface area contributed by atoms with Crippen molar-refractivity contribution in [1.82, 2.24) is 19.7 Å². The fourth-order valence-electron chi connectivity index (χ4n) is 4.52. The Balaban J connectivity index is 1.76. The Morgan fingerprint density at radius 1 is 1.03 bits per heavy atom. The quantitative estimate of drug-likeness (QED) is 0.535. The second-order valence-corrected chi connectivity index (χ2v) is 8.71. The van der Waals surface area contributed by atoms with Crippen LogP contribution in [0.15, 0.2) is 36.4 Å². The van der Waals surface area contributed by atoms with Gasteiger partial charge in [0, 0.05) is 36.6 Å². The van der Waals surface area contributed by atoms with E-state index in [9.17, 15) is 4.39 Å². The highest BCUT2D eigenvalue weighted by molar-refractivity contribution is 5.96. The van der Waals surface area contributed by atoms with Gasteiger partial charge in [-0.2, -0.15) is 0 Å². The van der Waals surface area contributed by atoms with Gasteiger partial charge in [0.1, 0.15) is 17.2 Å². The van der Waals surface area contributed by atoms with E-state index in [1.165, 1.54) is 6.07 Å². The van der Waals surface area contributed by atoms with Crippen molar-refractivity contribution in [2.45, 2.75) is 45.8 Å². The molecule has 0 aliphatic carbocycles. The SMILES string of the molecule is CC(C)Nc1nc2ccc(N3C[C@@H](C)N[C@@H](C)C3)nc2n2c1cc1cc(F)ccc12. The van der Waals surface area contributed by atoms with Crippen molar-refractivity contribution >= 4 is 39.2 Å². The van der Waals surface area contributed by atoms with Crippen molar-refractivity contribution in [2.75, 3.05) is 23.3 Å². The Labute approximate surface area is 175 Å². The molecule has 0 bridgehead atoms. The lowest BCUT2D eigenvalue weighted by Crippen LogP contribution is -2.54. The van der Waals surface area contributed by atoms with Crippen LogP contribution >= 0.6 is 0 Å². The van der Waals surface area contributed by atoms with Crippen molar-refractivity contribution < 1.29 is 4.39 Å². The predicted octanol–water partition coefficient (Wildman–Crippen LogP) is 4.18. The maximum absolute atomic E-state index is 13.9. The fourth-order valence-corrected chi connectivity index (χ4v) is 4.52. The minimum atomic E-state index is -0.244. The smallest absolute Gasteiger partial charge is 0.166 e. The Kier molecular flexibility index (Phi) is 4.50. The second kappa shape index (κ2) is 7.09. The summed E-state index contributed by atoms with van der Waals surface area (Å²) in [6.07, 6.45) is 0. The first kappa shape index (κ1) is 19.1. The molecule has 0 saturated carbocycles. The molecule has 0 radical (unpaired) electrons. The molecule has 1 aliphatic rings. The number of rotatable bonds is 3. The molecule has 0 amide bonds. The molecule has 0 unspecified atom stereocenters. The van der Waals surface area contributed by atoms with Crippen LogP contribution in [0.1, 0.15) is 27.7 Å². The van der Waals surface area contributed by atoms with Crippen molar-refractivity contribution in [3.05, 3.63) is 42.2 Å². The van der Waals surface area contributed by atoms with Gasteiger partial charge in [-0.15, -0.1) is 0 Å². The topological polar surface area (TPSA) is 57.5 Å². The number of pyridine rings is 1. The molecular weight excluding hydrogens is 379 g/mol. The average molecular weight is 407 g/mol. The van der Waals surface area contributed by atoms with E-state index in [1.54, 1.807) is 6.07 Å². The molecular formula is C23H27FN6. The van der Waals surface area contributed by atoms with Gasteiger partial charge in [0.25, 0.3) is 0 Å². The molecule has 2 N–H and O–H groups in total. The number of aromatic nitrogens is 3. The van der Waals surface area contributed by atoms with E-state index in [0.29, 0.717) is 12.1 Å². The van der Waals surface area contributed by atoms with Gasteiger partial charge in [0.05, 0.1) is 11.0 Å². The number of nitrogens with zero attached hydrogens (tertiary/aromatic N) is 4. The molecule has 0 spiro atoms. The lowest BCUT2D eigenvalue weighted by molar-refractivity contribution is 0.405. The van der Waals surface area contributed by atoms with Crippen LogP contribution in [0.25, 0.3) is 27.6 Å². The molecule has 6 nitrogen and oxygen atoms in total. The molecule has 1 aliphatic heterocycles. The van der Waals surface area contributed by atoms with Gasteiger partial charge in [0.2, 0.25) is 0 Å².